The summed E-state index contributed by atoms with van der Waals surface area (Å²) in [5.74, 6) is 0.234. The van der Waals surface area contributed by atoms with Crippen LogP contribution in [0, 0.1) is 0 Å². The summed E-state index contributed by atoms with van der Waals surface area (Å²) in [5.41, 5.74) is 5.22. The Bertz CT molecular complexity index is 158. The van der Waals surface area contributed by atoms with Gasteiger partial charge >= 0.3 is 0 Å². The van der Waals surface area contributed by atoms with Crippen LogP contribution < -0.4 is 11.1 Å². The SMILES string of the molecule is C=C(Br)CNCCC(N)=NO. The van der Waals surface area contributed by atoms with Gasteiger partial charge in [-0.25, -0.2) is 0 Å². The molecule has 0 amide bonds. The van der Waals surface area contributed by atoms with Gasteiger partial charge in [0.1, 0.15) is 5.84 Å². The van der Waals surface area contributed by atoms with E-state index in [1.807, 2.05) is 0 Å². The summed E-state index contributed by atoms with van der Waals surface area (Å²) in [4.78, 5) is 0. The Labute approximate surface area is 74.3 Å². The van der Waals surface area contributed by atoms with Crippen LogP contribution in [-0.2, 0) is 0 Å². The van der Waals surface area contributed by atoms with Crippen LogP contribution in [0.1, 0.15) is 6.42 Å². The number of oxime groups is 1. The minimum atomic E-state index is 0.234. The van der Waals surface area contributed by atoms with Crippen LogP contribution in [-0.4, -0.2) is 24.1 Å². The Kier molecular flexibility index (Phi) is 5.87. The van der Waals surface area contributed by atoms with Gasteiger partial charge in [0, 0.05) is 24.0 Å². The van der Waals surface area contributed by atoms with Crippen molar-refractivity contribution in [3.8, 4) is 0 Å². The average Bonchev–Trinajstić information content (AvgIpc) is 1.97. The van der Waals surface area contributed by atoms with Crippen molar-refractivity contribution in [2.75, 3.05) is 13.1 Å². The monoisotopic (exact) mass is 221 g/mol. The van der Waals surface area contributed by atoms with E-state index in [0.29, 0.717) is 19.5 Å². The Balaban J connectivity index is 3.21. The van der Waals surface area contributed by atoms with Gasteiger partial charge < -0.3 is 16.3 Å². The molecule has 0 saturated heterocycles. The van der Waals surface area contributed by atoms with Crippen molar-refractivity contribution in [1.82, 2.24) is 5.32 Å². The first kappa shape index (κ1) is 10.4. The molecule has 4 nitrogen and oxygen atoms in total. The van der Waals surface area contributed by atoms with Crippen LogP contribution in [0.25, 0.3) is 0 Å². The molecule has 0 aromatic rings. The molecule has 0 heterocycles. The predicted molar refractivity (Wildman–Crippen MR) is 49.0 cm³/mol. The van der Waals surface area contributed by atoms with Gasteiger partial charge in [-0.3, -0.25) is 0 Å². The molecule has 0 atom stereocenters. The summed E-state index contributed by atoms with van der Waals surface area (Å²) in [6.45, 7) is 5.01. The molecule has 0 aliphatic carbocycles. The zero-order chi connectivity index (χ0) is 8.69. The van der Waals surface area contributed by atoms with Gasteiger partial charge in [-0.2, -0.15) is 0 Å². The lowest BCUT2D eigenvalue weighted by Gasteiger charge is -2.00. The number of halogens is 1. The van der Waals surface area contributed by atoms with Crippen molar-refractivity contribution in [3.05, 3.63) is 11.1 Å². The van der Waals surface area contributed by atoms with Gasteiger partial charge in [-0.15, -0.1) is 0 Å². The maximum Gasteiger partial charge on any atom is 0.140 e. The molecule has 0 saturated carbocycles. The van der Waals surface area contributed by atoms with Gasteiger partial charge in [0.2, 0.25) is 0 Å². The molecular weight excluding hydrogens is 210 g/mol. The molecule has 0 spiro atoms. The molecule has 0 aliphatic heterocycles. The van der Waals surface area contributed by atoms with E-state index in [1.165, 1.54) is 0 Å². The Morgan fingerprint density at radius 3 is 2.82 bits per heavy atom. The first-order valence-electron chi connectivity index (χ1n) is 3.17. The molecule has 5 heteroatoms. The van der Waals surface area contributed by atoms with Crippen LogP contribution in [0.3, 0.4) is 0 Å². The van der Waals surface area contributed by atoms with E-state index in [9.17, 15) is 0 Å². The van der Waals surface area contributed by atoms with E-state index in [4.69, 9.17) is 10.9 Å². The van der Waals surface area contributed by atoms with Crippen LogP contribution in [0.15, 0.2) is 16.2 Å². The topological polar surface area (TPSA) is 70.6 Å². The first-order valence-corrected chi connectivity index (χ1v) is 3.96. The summed E-state index contributed by atoms with van der Waals surface area (Å²) in [6.07, 6.45) is 0.538. The molecule has 0 aromatic heterocycles. The second kappa shape index (κ2) is 6.18. The van der Waals surface area contributed by atoms with Crippen LogP contribution in [0.2, 0.25) is 0 Å². The fourth-order valence-electron chi connectivity index (χ4n) is 0.490. The minimum Gasteiger partial charge on any atom is -0.409 e. The van der Waals surface area contributed by atoms with Crippen LogP contribution in [0.5, 0.6) is 0 Å². The third-order valence-electron chi connectivity index (χ3n) is 1.00. The van der Waals surface area contributed by atoms with E-state index < -0.39 is 0 Å². The van der Waals surface area contributed by atoms with Crippen molar-refractivity contribution in [1.29, 1.82) is 0 Å². The number of nitrogens with one attached hydrogen (secondary N) is 1. The second-order valence-corrected chi connectivity index (χ2v) is 3.16. The summed E-state index contributed by atoms with van der Waals surface area (Å²) in [7, 11) is 0. The van der Waals surface area contributed by atoms with E-state index >= 15 is 0 Å². The molecule has 0 radical (unpaired) electrons. The largest absolute Gasteiger partial charge is 0.409 e. The highest BCUT2D eigenvalue weighted by molar-refractivity contribution is 9.11. The lowest BCUT2D eigenvalue weighted by Crippen LogP contribution is -2.22. The Morgan fingerprint density at radius 2 is 2.36 bits per heavy atom. The molecule has 4 N–H and O–H groups in total. The minimum absolute atomic E-state index is 0.234. The van der Waals surface area contributed by atoms with Crippen molar-refractivity contribution < 1.29 is 5.21 Å². The average molecular weight is 222 g/mol. The third-order valence-corrected chi connectivity index (χ3v) is 1.28. The van der Waals surface area contributed by atoms with Crippen molar-refractivity contribution in [2.45, 2.75) is 6.42 Å². The van der Waals surface area contributed by atoms with Gasteiger partial charge in [-0.1, -0.05) is 27.7 Å². The van der Waals surface area contributed by atoms with Crippen LogP contribution >= 0.6 is 15.9 Å². The number of hydrogen-bond donors (Lipinski definition) is 3. The summed E-state index contributed by atoms with van der Waals surface area (Å²) in [5, 5.41) is 14.0. The molecule has 11 heavy (non-hydrogen) atoms. The highest BCUT2D eigenvalue weighted by atomic mass is 79.9. The van der Waals surface area contributed by atoms with Crippen LogP contribution in [0.4, 0.5) is 0 Å². The third kappa shape index (κ3) is 7.35. The number of nitrogens with zero attached hydrogens (tertiary/aromatic N) is 1. The standard InChI is InChI=1S/C6H12BrN3O/c1-5(7)4-9-3-2-6(8)10-11/h9,11H,1-4H2,(H2,8,10). The molecule has 0 unspecified atom stereocenters. The normalized spacial score (nSPS) is 11.5. The maximum atomic E-state index is 8.15. The smallest absolute Gasteiger partial charge is 0.140 e. The molecule has 0 aromatic carbocycles. The quantitative estimate of drug-likeness (QED) is 0.210. The van der Waals surface area contributed by atoms with Gasteiger partial charge in [0.05, 0.1) is 0 Å². The lowest BCUT2D eigenvalue weighted by molar-refractivity contribution is 0.316. The predicted octanol–water partition coefficient (Wildman–Crippen LogP) is 0.621. The number of amidine groups is 1. The number of rotatable bonds is 5. The molecule has 0 aliphatic rings. The fourth-order valence-corrected chi connectivity index (χ4v) is 0.689. The zero-order valence-electron chi connectivity index (χ0n) is 6.18. The van der Waals surface area contributed by atoms with E-state index in [2.05, 4.69) is 33.0 Å². The Morgan fingerprint density at radius 1 is 1.73 bits per heavy atom. The summed E-state index contributed by atoms with van der Waals surface area (Å²) in [6, 6.07) is 0. The van der Waals surface area contributed by atoms with E-state index in [-0.39, 0.29) is 5.84 Å². The molecule has 0 fully saturated rings. The van der Waals surface area contributed by atoms with Crippen molar-refractivity contribution in [3.63, 3.8) is 0 Å². The lowest BCUT2D eigenvalue weighted by atomic mass is 10.4. The van der Waals surface area contributed by atoms with Gasteiger partial charge in [0.25, 0.3) is 0 Å². The van der Waals surface area contributed by atoms with E-state index in [0.717, 1.165) is 4.48 Å². The number of nitrogens with two attached hydrogens (primary N) is 1. The van der Waals surface area contributed by atoms with E-state index in [1.54, 1.807) is 0 Å². The van der Waals surface area contributed by atoms with Crippen molar-refractivity contribution in [2.24, 2.45) is 10.9 Å². The highest BCUT2D eigenvalue weighted by Crippen LogP contribution is 1.96. The summed E-state index contributed by atoms with van der Waals surface area (Å²) >= 11 is 3.19. The number of hydrogen-bond acceptors (Lipinski definition) is 3. The molecule has 64 valence electrons. The highest BCUT2D eigenvalue weighted by Gasteiger charge is 1.92. The first-order chi connectivity index (χ1) is 5.16. The van der Waals surface area contributed by atoms with Gasteiger partial charge in [0.15, 0.2) is 0 Å². The summed E-state index contributed by atoms with van der Waals surface area (Å²) < 4.78 is 0.886. The zero-order valence-corrected chi connectivity index (χ0v) is 7.76. The van der Waals surface area contributed by atoms with Gasteiger partial charge in [-0.05, 0) is 0 Å². The second-order valence-electron chi connectivity index (χ2n) is 2.04. The maximum absolute atomic E-state index is 8.15. The van der Waals surface area contributed by atoms with Crippen molar-refractivity contribution >= 4 is 21.8 Å². The Hall–Kier alpha value is -0.550. The molecular formula is C6H12BrN3O. The molecule has 0 bridgehead atoms. The fraction of sp³-hybridized carbons (Fsp3) is 0.500. The molecule has 0 rings (SSSR count).